The minimum atomic E-state index is 0.0326. The fraction of sp³-hybridized carbons (Fsp3) is 0.471. The molecule has 6 nitrogen and oxygen atoms in total. The van der Waals surface area contributed by atoms with Crippen molar-refractivity contribution in [2.75, 3.05) is 33.9 Å². The van der Waals surface area contributed by atoms with Crippen molar-refractivity contribution in [1.29, 1.82) is 0 Å². The third kappa shape index (κ3) is 4.03. The van der Waals surface area contributed by atoms with Gasteiger partial charge in [0.1, 0.15) is 12.7 Å². The topological polar surface area (TPSA) is 48.8 Å². The van der Waals surface area contributed by atoms with Gasteiger partial charge in [0.25, 0.3) is 0 Å². The van der Waals surface area contributed by atoms with Gasteiger partial charge in [-0.2, -0.15) is 0 Å². The Morgan fingerprint density at radius 3 is 3.00 bits per heavy atom. The molecule has 0 bridgehead atoms. The molecule has 0 radical (unpaired) electrons. The Hall–Kier alpha value is -2.05. The Kier molecular flexibility index (Phi) is 5.15. The average Bonchev–Trinajstić information content (AvgIpc) is 2.99. The van der Waals surface area contributed by atoms with Crippen LogP contribution in [0.5, 0.6) is 11.5 Å². The van der Waals surface area contributed by atoms with Crippen LogP contribution in [-0.2, 0) is 17.8 Å². The Morgan fingerprint density at radius 2 is 2.17 bits per heavy atom. The molecule has 1 unspecified atom stereocenters. The van der Waals surface area contributed by atoms with Crippen molar-refractivity contribution in [1.82, 2.24) is 14.5 Å². The second-order valence-corrected chi connectivity index (χ2v) is 5.77. The molecular formula is C17H23N3O3. The molecule has 2 aromatic rings. The number of hydrogen-bond donors (Lipinski definition) is 0. The molecule has 0 N–H and O–H groups in total. The lowest BCUT2D eigenvalue weighted by Gasteiger charge is -2.29. The summed E-state index contributed by atoms with van der Waals surface area (Å²) >= 11 is 0. The van der Waals surface area contributed by atoms with Gasteiger partial charge in [-0.25, -0.2) is 4.98 Å². The second-order valence-electron chi connectivity index (χ2n) is 5.77. The van der Waals surface area contributed by atoms with Crippen molar-refractivity contribution in [3.8, 4) is 11.5 Å². The highest BCUT2D eigenvalue weighted by Gasteiger charge is 2.22. The first kappa shape index (κ1) is 15.8. The smallest absolute Gasteiger partial charge is 0.161 e. The number of methoxy groups -OCH3 is 1. The number of aromatic nitrogens is 2. The maximum Gasteiger partial charge on any atom is 0.161 e. The number of ether oxygens (including phenoxy) is 3. The quantitative estimate of drug-likeness (QED) is 0.779. The molecule has 0 saturated heterocycles. The number of rotatable bonds is 7. The van der Waals surface area contributed by atoms with E-state index in [9.17, 15) is 0 Å². The van der Waals surface area contributed by atoms with Crippen LogP contribution < -0.4 is 9.47 Å². The number of para-hydroxylation sites is 2. The van der Waals surface area contributed by atoms with Crippen LogP contribution in [0.25, 0.3) is 0 Å². The van der Waals surface area contributed by atoms with E-state index in [2.05, 4.69) is 21.5 Å². The summed E-state index contributed by atoms with van der Waals surface area (Å²) in [7, 11) is 3.79. The first-order valence-corrected chi connectivity index (χ1v) is 7.81. The van der Waals surface area contributed by atoms with Gasteiger partial charge in [-0.1, -0.05) is 12.1 Å². The first-order valence-electron chi connectivity index (χ1n) is 7.81. The molecule has 23 heavy (non-hydrogen) atoms. The molecule has 1 aromatic carbocycles. The number of imidazole rings is 1. The molecule has 2 heterocycles. The van der Waals surface area contributed by atoms with Crippen molar-refractivity contribution in [3.63, 3.8) is 0 Å². The van der Waals surface area contributed by atoms with Crippen LogP contribution in [0.15, 0.2) is 36.8 Å². The largest absolute Gasteiger partial charge is 0.486 e. The van der Waals surface area contributed by atoms with Gasteiger partial charge in [0.15, 0.2) is 11.5 Å². The summed E-state index contributed by atoms with van der Waals surface area (Å²) < 4.78 is 19.0. The molecule has 0 saturated carbocycles. The predicted molar refractivity (Wildman–Crippen MR) is 86.8 cm³/mol. The fourth-order valence-corrected chi connectivity index (χ4v) is 2.71. The Bertz CT molecular complexity index is 629. The van der Waals surface area contributed by atoms with Gasteiger partial charge in [0.2, 0.25) is 0 Å². The molecule has 1 aromatic heterocycles. The van der Waals surface area contributed by atoms with Gasteiger partial charge < -0.3 is 18.8 Å². The van der Waals surface area contributed by atoms with E-state index in [1.54, 1.807) is 7.11 Å². The normalized spacial score (nSPS) is 16.7. The summed E-state index contributed by atoms with van der Waals surface area (Å²) in [5, 5.41) is 0. The summed E-state index contributed by atoms with van der Waals surface area (Å²) in [6.45, 7) is 3.68. The van der Waals surface area contributed by atoms with E-state index in [-0.39, 0.29) is 6.10 Å². The Balaban J connectivity index is 1.54. The third-order valence-electron chi connectivity index (χ3n) is 3.85. The summed E-state index contributed by atoms with van der Waals surface area (Å²) in [5.74, 6) is 1.64. The molecule has 3 rings (SSSR count). The van der Waals surface area contributed by atoms with Gasteiger partial charge in [-0.15, -0.1) is 0 Å². The summed E-state index contributed by atoms with van der Waals surface area (Å²) in [6, 6.07) is 7.80. The first-order chi connectivity index (χ1) is 11.3. The summed E-state index contributed by atoms with van der Waals surface area (Å²) in [4.78, 5) is 6.45. The summed E-state index contributed by atoms with van der Waals surface area (Å²) in [6.07, 6.45) is 3.78. The molecule has 1 atom stereocenters. The van der Waals surface area contributed by atoms with E-state index >= 15 is 0 Å². The molecule has 0 aliphatic carbocycles. The van der Waals surface area contributed by atoms with Crippen LogP contribution >= 0.6 is 0 Å². The zero-order valence-electron chi connectivity index (χ0n) is 13.6. The maximum absolute atomic E-state index is 6.01. The molecule has 1 aliphatic rings. The van der Waals surface area contributed by atoms with Crippen molar-refractivity contribution < 1.29 is 14.2 Å². The summed E-state index contributed by atoms with van der Waals surface area (Å²) in [5.41, 5.74) is 1.17. The highest BCUT2D eigenvalue weighted by molar-refractivity contribution is 5.40. The lowest BCUT2D eigenvalue weighted by molar-refractivity contribution is 0.0631. The molecule has 1 aliphatic heterocycles. The van der Waals surface area contributed by atoms with Crippen LogP contribution in [0.4, 0.5) is 0 Å². The number of hydrogen-bond acceptors (Lipinski definition) is 5. The van der Waals surface area contributed by atoms with Crippen molar-refractivity contribution in [3.05, 3.63) is 42.5 Å². The van der Waals surface area contributed by atoms with Gasteiger partial charge in [0.05, 0.1) is 18.6 Å². The highest BCUT2D eigenvalue weighted by atomic mass is 16.6. The lowest BCUT2D eigenvalue weighted by Crippen LogP contribution is -2.39. The Morgan fingerprint density at radius 1 is 1.35 bits per heavy atom. The molecule has 0 amide bonds. The zero-order chi connectivity index (χ0) is 16.1. The van der Waals surface area contributed by atoms with Crippen LogP contribution in [0.1, 0.15) is 5.69 Å². The zero-order valence-corrected chi connectivity index (χ0v) is 13.6. The van der Waals surface area contributed by atoms with E-state index in [1.807, 2.05) is 36.8 Å². The molecule has 6 heteroatoms. The van der Waals surface area contributed by atoms with Crippen LogP contribution in [0, 0.1) is 0 Å². The third-order valence-corrected chi connectivity index (χ3v) is 3.85. The lowest BCUT2D eigenvalue weighted by atomic mass is 10.2. The number of benzene rings is 1. The number of fused-ring (bicyclic) bond motifs is 1. The predicted octanol–water partition coefficient (Wildman–Crippen LogP) is 1.80. The molecule has 124 valence electrons. The average molecular weight is 317 g/mol. The van der Waals surface area contributed by atoms with E-state index in [0.29, 0.717) is 13.2 Å². The van der Waals surface area contributed by atoms with Crippen molar-refractivity contribution in [2.45, 2.75) is 19.2 Å². The van der Waals surface area contributed by atoms with Gasteiger partial charge in [0, 0.05) is 32.9 Å². The molecular weight excluding hydrogens is 294 g/mol. The second kappa shape index (κ2) is 7.48. The van der Waals surface area contributed by atoms with E-state index < -0.39 is 0 Å². The minimum absolute atomic E-state index is 0.0326. The molecule has 0 fully saturated rings. The van der Waals surface area contributed by atoms with Crippen molar-refractivity contribution >= 4 is 0 Å². The monoisotopic (exact) mass is 317 g/mol. The van der Waals surface area contributed by atoms with Gasteiger partial charge >= 0.3 is 0 Å². The highest BCUT2D eigenvalue weighted by Crippen LogP contribution is 2.30. The minimum Gasteiger partial charge on any atom is -0.486 e. The number of likely N-dealkylation sites (N-methyl/N-ethyl adjacent to an activating group) is 1. The van der Waals surface area contributed by atoms with Crippen LogP contribution in [0.2, 0.25) is 0 Å². The van der Waals surface area contributed by atoms with Gasteiger partial charge in [-0.3, -0.25) is 4.90 Å². The van der Waals surface area contributed by atoms with E-state index in [4.69, 9.17) is 14.2 Å². The number of nitrogens with zero attached hydrogens (tertiary/aromatic N) is 3. The standard InChI is InChI=1S/C17H23N3O3/c1-19(10-14-9-18-13-20(14)7-8-21-2)11-15-12-22-16-5-3-4-6-17(16)23-15/h3-6,9,13,15H,7-8,10-12H2,1-2H3. The fourth-order valence-electron chi connectivity index (χ4n) is 2.71. The van der Waals surface area contributed by atoms with Crippen LogP contribution in [-0.4, -0.2) is 54.5 Å². The van der Waals surface area contributed by atoms with E-state index in [1.165, 1.54) is 5.69 Å². The SMILES string of the molecule is COCCn1cncc1CN(C)CC1COc2ccccc2O1. The maximum atomic E-state index is 6.01. The van der Waals surface area contributed by atoms with Crippen LogP contribution in [0.3, 0.4) is 0 Å². The molecule has 0 spiro atoms. The van der Waals surface area contributed by atoms with Crippen molar-refractivity contribution in [2.24, 2.45) is 0 Å². The van der Waals surface area contributed by atoms with E-state index in [0.717, 1.165) is 31.1 Å². The Labute approximate surface area is 136 Å². The van der Waals surface area contributed by atoms with Gasteiger partial charge in [-0.05, 0) is 19.2 Å².